The van der Waals surface area contributed by atoms with Crippen molar-refractivity contribution in [2.24, 2.45) is 0 Å². The van der Waals surface area contributed by atoms with Gasteiger partial charge in [-0.1, -0.05) is 0 Å². The molecule has 0 unspecified atom stereocenters. The highest BCUT2D eigenvalue weighted by Gasteiger charge is 2.06. The fourth-order valence-corrected chi connectivity index (χ4v) is 2.97. The summed E-state index contributed by atoms with van der Waals surface area (Å²) >= 11 is 5.08. The fourth-order valence-electron chi connectivity index (χ4n) is 1.63. The predicted molar refractivity (Wildman–Crippen MR) is 70.9 cm³/mol. The molecule has 3 heterocycles. The van der Waals surface area contributed by atoms with Crippen molar-refractivity contribution in [3.8, 4) is 16.6 Å². The molecule has 0 radical (unpaired) electrons. The van der Waals surface area contributed by atoms with Crippen molar-refractivity contribution in [3.63, 3.8) is 0 Å². The van der Waals surface area contributed by atoms with E-state index in [1.807, 2.05) is 28.8 Å². The molecule has 0 bridgehead atoms. The molecule has 5 heteroatoms. The maximum atomic E-state index is 8.84. The molecule has 0 aliphatic rings. The van der Waals surface area contributed by atoms with Crippen molar-refractivity contribution in [2.75, 3.05) is 0 Å². The molecule has 0 atom stereocenters. The Bertz CT molecular complexity index is 736. The van der Waals surface area contributed by atoms with Crippen LogP contribution in [0.4, 0.5) is 0 Å². The second kappa shape index (κ2) is 3.99. The van der Waals surface area contributed by atoms with E-state index in [2.05, 4.69) is 27.0 Å². The van der Waals surface area contributed by atoms with Crippen LogP contribution >= 0.6 is 27.3 Å². The minimum Gasteiger partial charge on any atom is -0.305 e. The molecule has 0 amide bonds. The number of pyridine rings is 1. The summed E-state index contributed by atoms with van der Waals surface area (Å²) in [7, 11) is 0. The summed E-state index contributed by atoms with van der Waals surface area (Å²) in [6, 6.07) is 9.78. The molecular weight excluding hydrogens is 298 g/mol. The second-order valence-electron chi connectivity index (χ2n) is 3.52. The van der Waals surface area contributed by atoms with E-state index >= 15 is 0 Å². The number of nitrogens with zero attached hydrogens (tertiary/aromatic N) is 3. The third-order valence-electron chi connectivity index (χ3n) is 2.41. The van der Waals surface area contributed by atoms with E-state index in [1.165, 1.54) is 0 Å². The van der Waals surface area contributed by atoms with Crippen LogP contribution in [0.15, 0.2) is 40.4 Å². The van der Waals surface area contributed by atoms with Crippen molar-refractivity contribution < 1.29 is 0 Å². The molecule has 3 rings (SSSR count). The molecule has 0 fully saturated rings. The minimum atomic E-state index is 0.633. The molecule has 17 heavy (non-hydrogen) atoms. The van der Waals surface area contributed by atoms with Crippen LogP contribution in [0.1, 0.15) is 5.56 Å². The molecule has 0 spiro atoms. The lowest BCUT2D eigenvalue weighted by atomic mass is 10.3. The van der Waals surface area contributed by atoms with Crippen LogP contribution in [0.5, 0.6) is 0 Å². The third kappa shape index (κ3) is 1.86. The van der Waals surface area contributed by atoms with Crippen LogP contribution in [0.25, 0.3) is 16.2 Å². The van der Waals surface area contributed by atoms with Crippen LogP contribution in [-0.2, 0) is 0 Å². The van der Waals surface area contributed by atoms with Gasteiger partial charge in [0, 0.05) is 12.4 Å². The van der Waals surface area contributed by atoms with E-state index in [1.54, 1.807) is 23.6 Å². The lowest BCUT2D eigenvalue weighted by Crippen LogP contribution is -1.83. The SMILES string of the molecule is N#Cc1ccc2nc(-c3ccc(Br)s3)cn2c1. The highest BCUT2D eigenvalue weighted by atomic mass is 79.9. The van der Waals surface area contributed by atoms with Gasteiger partial charge in [-0.2, -0.15) is 5.26 Å². The molecule has 0 N–H and O–H groups in total. The van der Waals surface area contributed by atoms with Crippen LogP contribution in [0.3, 0.4) is 0 Å². The Morgan fingerprint density at radius 2 is 2.12 bits per heavy atom. The first-order valence-electron chi connectivity index (χ1n) is 4.91. The standard InChI is InChI=1S/C12H6BrN3S/c13-11-3-2-10(17-11)9-7-16-6-8(5-14)1-4-12(16)15-9/h1-4,6-7H. The summed E-state index contributed by atoms with van der Waals surface area (Å²) in [6.07, 6.45) is 3.73. The number of fused-ring (bicyclic) bond motifs is 1. The molecule has 3 aromatic heterocycles. The van der Waals surface area contributed by atoms with Crippen molar-refractivity contribution in [1.29, 1.82) is 5.26 Å². The van der Waals surface area contributed by atoms with Gasteiger partial charge >= 0.3 is 0 Å². The number of rotatable bonds is 1. The Morgan fingerprint density at radius 1 is 1.24 bits per heavy atom. The topological polar surface area (TPSA) is 41.1 Å². The normalized spacial score (nSPS) is 10.6. The van der Waals surface area contributed by atoms with E-state index < -0.39 is 0 Å². The highest BCUT2D eigenvalue weighted by Crippen LogP contribution is 2.30. The molecule has 0 aliphatic heterocycles. The molecule has 0 aliphatic carbocycles. The Kier molecular flexibility index (Phi) is 2.46. The van der Waals surface area contributed by atoms with Crippen LogP contribution in [0, 0.1) is 11.3 Å². The van der Waals surface area contributed by atoms with Gasteiger partial charge < -0.3 is 4.40 Å². The summed E-state index contributed by atoms with van der Waals surface area (Å²) < 4.78 is 2.96. The van der Waals surface area contributed by atoms with Crippen LogP contribution in [-0.4, -0.2) is 9.38 Å². The Hall–Kier alpha value is -1.64. The number of thiophene rings is 1. The Labute approximate surface area is 110 Å². The van der Waals surface area contributed by atoms with Gasteiger partial charge in [0.2, 0.25) is 0 Å². The summed E-state index contributed by atoms with van der Waals surface area (Å²) in [5, 5.41) is 8.84. The molecule has 0 saturated heterocycles. The Morgan fingerprint density at radius 3 is 2.82 bits per heavy atom. The molecular formula is C12H6BrN3S. The van der Waals surface area contributed by atoms with Gasteiger partial charge in [-0.25, -0.2) is 4.98 Å². The maximum absolute atomic E-state index is 8.84. The van der Waals surface area contributed by atoms with Crippen molar-refractivity contribution in [2.45, 2.75) is 0 Å². The number of hydrogen-bond donors (Lipinski definition) is 0. The average Bonchev–Trinajstić information content (AvgIpc) is 2.93. The number of aromatic nitrogens is 2. The number of nitriles is 1. The minimum absolute atomic E-state index is 0.633. The van der Waals surface area contributed by atoms with Gasteiger partial charge in [0.25, 0.3) is 0 Å². The third-order valence-corrected chi connectivity index (χ3v) is 4.05. The van der Waals surface area contributed by atoms with E-state index in [0.29, 0.717) is 5.56 Å². The Balaban J connectivity index is 2.17. The van der Waals surface area contributed by atoms with E-state index in [0.717, 1.165) is 20.0 Å². The monoisotopic (exact) mass is 303 g/mol. The second-order valence-corrected chi connectivity index (χ2v) is 5.99. The average molecular weight is 304 g/mol. The van der Waals surface area contributed by atoms with E-state index in [4.69, 9.17) is 5.26 Å². The van der Waals surface area contributed by atoms with Gasteiger partial charge in [-0.15, -0.1) is 11.3 Å². The first-order valence-corrected chi connectivity index (χ1v) is 6.52. The van der Waals surface area contributed by atoms with Gasteiger partial charge in [0.1, 0.15) is 11.7 Å². The molecule has 0 aromatic carbocycles. The van der Waals surface area contributed by atoms with Crippen LogP contribution < -0.4 is 0 Å². The summed E-state index contributed by atoms with van der Waals surface area (Å²) in [5.41, 5.74) is 2.41. The number of imidazole rings is 1. The highest BCUT2D eigenvalue weighted by molar-refractivity contribution is 9.11. The van der Waals surface area contributed by atoms with E-state index in [-0.39, 0.29) is 0 Å². The first-order chi connectivity index (χ1) is 8.26. The first kappa shape index (κ1) is 10.5. The molecule has 3 aromatic rings. The van der Waals surface area contributed by atoms with Crippen molar-refractivity contribution in [3.05, 3.63) is 46.0 Å². The number of hydrogen-bond acceptors (Lipinski definition) is 3. The maximum Gasteiger partial charge on any atom is 0.137 e. The van der Waals surface area contributed by atoms with Crippen LogP contribution in [0.2, 0.25) is 0 Å². The summed E-state index contributed by atoms with van der Waals surface area (Å²) in [4.78, 5) is 5.63. The number of halogens is 1. The van der Waals surface area contributed by atoms with Crippen molar-refractivity contribution >= 4 is 32.9 Å². The van der Waals surface area contributed by atoms with E-state index in [9.17, 15) is 0 Å². The predicted octanol–water partition coefficient (Wildman–Crippen LogP) is 3.70. The van der Waals surface area contributed by atoms with Gasteiger partial charge in [0.05, 0.1) is 19.9 Å². The smallest absolute Gasteiger partial charge is 0.137 e. The molecule has 82 valence electrons. The largest absolute Gasteiger partial charge is 0.305 e. The van der Waals surface area contributed by atoms with Gasteiger partial charge in [0.15, 0.2) is 0 Å². The molecule has 0 saturated carbocycles. The lowest BCUT2D eigenvalue weighted by Gasteiger charge is -1.91. The van der Waals surface area contributed by atoms with Crippen molar-refractivity contribution in [1.82, 2.24) is 9.38 Å². The zero-order valence-corrected chi connectivity index (χ0v) is 11.0. The van der Waals surface area contributed by atoms with Gasteiger partial charge in [-0.05, 0) is 40.2 Å². The molecule has 3 nitrogen and oxygen atoms in total. The summed E-state index contributed by atoms with van der Waals surface area (Å²) in [6.45, 7) is 0. The van der Waals surface area contributed by atoms with Gasteiger partial charge in [-0.3, -0.25) is 0 Å². The summed E-state index contributed by atoms with van der Waals surface area (Å²) in [5.74, 6) is 0. The zero-order chi connectivity index (χ0) is 11.8. The quantitative estimate of drug-likeness (QED) is 0.688. The zero-order valence-electron chi connectivity index (χ0n) is 8.59. The fraction of sp³-hybridized carbons (Fsp3) is 0. The lowest BCUT2D eigenvalue weighted by molar-refractivity contribution is 1.17.